The fourth-order valence-electron chi connectivity index (χ4n) is 2.64. The lowest BCUT2D eigenvalue weighted by atomic mass is 10.2. The Morgan fingerprint density at radius 3 is 2.73 bits per heavy atom. The van der Waals surface area contributed by atoms with Crippen LogP contribution < -0.4 is 4.72 Å². The van der Waals surface area contributed by atoms with Crippen molar-refractivity contribution < 1.29 is 13.3 Å². The number of nitro benzene ring substituents is 1. The highest BCUT2D eigenvalue weighted by Gasteiger charge is 2.20. The number of fused-ring (bicyclic) bond motifs is 1. The standard InChI is InChI=1S/C17H18N4O4S/c1-12-6-8-20-11-14(19-17(20)9-12)5-7-18-26(24,25)16-10-15(21(22)23)4-3-13(16)2/h3-4,6,8-11,18H,5,7H2,1-2H3. The van der Waals surface area contributed by atoms with Crippen molar-refractivity contribution in [1.82, 2.24) is 14.1 Å². The minimum Gasteiger partial charge on any atom is -0.307 e. The smallest absolute Gasteiger partial charge is 0.270 e. The molecule has 0 saturated carbocycles. The fraction of sp³-hybridized carbons (Fsp3) is 0.235. The molecule has 1 N–H and O–H groups in total. The maximum atomic E-state index is 12.5. The van der Waals surface area contributed by atoms with E-state index < -0.39 is 14.9 Å². The van der Waals surface area contributed by atoms with Gasteiger partial charge in [0.05, 0.1) is 15.5 Å². The minimum atomic E-state index is -3.84. The van der Waals surface area contributed by atoms with E-state index in [9.17, 15) is 18.5 Å². The van der Waals surface area contributed by atoms with E-state index in [0.29, 0.717) is 12.0 Å². The molecule has 2 aromatic heterocycles. The number of nitrogens with zero attached hydrogens (tertiary/aromatic N) is 3. The van der Waals surface area contributed by atoms with Crippen LogP contribution in [0.3, 0.4) is 0 Å². The lowest BCUT2D eigenvalue weighted by Crippen LogP contribution is -2.26. The molecule has 3 rings (SSSR count). The first-order valence-corrected chi connectivity index (χ1v) is 9.43. The summed E-state index contributed by atoms with van der Waals surface area (Å²) in [6.07, 6.45) is 4.16. The predicted octanol–water partition coefficient (Wildman–Crippen LogP) is 2.38. The Hall–Kier alpha value is -2.78. The fourth-order valence-corrected chi connectivity index (χ4v) is 3.93. The molecular weight excluding hydrogens is 356 g/mol. The van der Waals surface area contributed by atoms with Crippen LogP contribution in [0.4, 0.5) is 5.69 Å². The predicted molar refractivity (Wildman–Crippen MR) is 96.7 cm³/mol. The number of rotatable bonds is 6. The molecule has 26 heavy (non-hydrogen) atoms. The van der Waals surface area contributed by atoms with Crippen LogP contribution in [0.2, 0.25) is 0 Å². The number of imidazole rings is 1. The maximum Gasteiger partial charge on any atom is 0.270 e. The van der Waals surface area contributed by atoms with Gasteiger partial charge in [-0.15, -0.1) is 0 Å². The summed E-state index contributed by atoms with van der Waals surface area (Å²) in [6.45, 7) is 3.72. The topological polar surface area (TPSA) is 107 Å². The zero-order valence-electron chi connectivity index (χ0n) is 14.3. The van der Waals surface area contributed by atoms with Gasteiger partial charge in [0, 0.05) is 37.5 Å². The lowest BCUT2D eigenvalue weighted by molar-refractivity contribution is -0.385. The summed E-state index contributed by atoms with van der Waals surface area (Å²) in [4.78, 5) is 14.6. The molecule has 0 saturated heterocycles. The summed E-state index contributed by atoms with van der Waals surface area (Å²) in [5.41, 5.74) is 2.85. The quantitative estimate of drug-likeness (QED) is 0.527. The van der Waals surface area contributed by atoms with Crippen molar-refractivity contribution in [2.45, 2.75) is 25.2 Å². The van der Waals surface area contributed by atoms with Crippen LogP contribution in [0.15, 0.2) is 47.6 Å². The van der Waals surface area contributed by atoms with E-state index in [4.69, 9.17) is 0 Å². The number of aryl methyl sites for hydroxylation is 2. The van der Waals surface area contributed by atoms with Gasteiger partial charge in [-0.1, -0.05) is 6.07 Å². The van der Waals surface area contributed by atoms with E-state index in [-0.39, 0.29) is 17.1 Å². The Morgan fingerprint density at radius 1 is 1.23 bits per heavy atom. The monoisotopic (exact) mass is 374 g/mol. The number of aromatic nitrogens is 2. The van der Waals surface area contributed by atoms with Gasteiger partial charge in [0.15, 0.2) is 0 Å². The van der Waals surface area contributed by atoms with Gasteiger partial charge in [0.25, 0.3) is 5.69 Å². The summed E-state index contributed by atoms with van der Waals surface area (Å²) in [7, 11) is -3.84. The summed E-state index contributed by atoms with van der Waals surface area (Å²) in [5.74, 6) is 0. The number of hydrogen-bond acceptors (Lipinski definition) is 5. The molecule has 0 bridgehead atoms. The van der Waals surface area contributed by atoms with Crippen molar-refractivity contribution in [3.8, 4) is 0 Å². The molecule has 0 aliphatic carbocycles. The van der Waals surface area contributed by atoms with Crippen LogP contribution in [0.5, 0.6) is 0 Å². The van der Waals surface area contributed by atoms with Crippen molar-refractivity contribution in [2.75, 3.05) is 6.54 Å². The molecule has 136 valence electrons. The number of nitrogens with one attached hydrogen (secondary N) is 1. The van der Waals surface area contributed by atoms with Gasteiger partial charge in [-0.05, 0) is 37.1 Å². The minimum absolute atomic E-state index is 0.0858. The van der Waals surface area contributed by atoms with Crippen molar-refractivity contribution >= 4 is 21.4 Å². The highest BCUT2D eigenvalue weighted by atomic mass is 32.2. The number of nitro groups is 1. The highest BCUT2D eigenvalue weighted by molar-refractivity contribution is 7.89. The Labute approximate surface area is 150 Å². The molecule has 3 aromatic rings. The van der Waals surface area contributed by atoms with Crippen LogP contribution in [0.1, 0.15) is 16.8 Å². The molecular formula is C17H18N4O4S. The Morgan fingerprint density at radius 2 is 2.00 bits per heavy atom. The third-order valence-electron chi connectivity index (χ3n) is 4.01. The average Bonchev–Trinajstić information content (AvgIpc) is 2.96. The molecule has 0 spiro atoms. The Bertz CT molecular complexity index is 1090. The maximum absolute atomic E-state index is 12.5. The lowest BCUT2D eigenvalue weighted by Gasteiger charge is -2.08. The highest BCUT2D eigenvalue weighted by Crippen LogP contribution is 2.21. The van der Waals surface area contributed by atoms with Gasteiger partial charge in [0.1, 0.15) is 5.65 Å². The van der Waals surface area contributed by atoms with Crippen molar-refractivity contribution in [3.05, 3.63) is 69.7 Å². The Kier molecular flexibility index (Phi) is 4.75. The Balaban J connectivity index is 1.73. The first-order valence-electron chi connectivity index (χ1n) is 7.95. The third-order valence-corrected chi connectivity index (χ3v) is 5.61. The molecule has 0 radical (unpaired) electrons. The molecule has 9 heteroatoms. The second-order valence-electron chi connectivity index (χ2n) is 6.06. The third kappa shape index (κ3) is 3.73. The van der Waals surface area contributed by atoms with Crippen LogP contribution >= 0.6 is 0 Å². The summed E-state index contributed by atoms with van der Waals surface area (Å²) >= 11 is 0. The van der Waals surface area contributed by atoms with Crippen molar-refractivity contribution in [1.29, 1.82) is 0 Å². The molecule has 0 aliphatic heterocycles. The molecule has 0 unspecified atom stereocenters. The van der Waals surface area contributed by atoms with E-state index in [1.165, 1.54) is 12.1 Å². The van der Waals surface area contributed by atoms with Crippen LogP contribution in [0, 0.1) is 24.0 Å². The number of hydrogen-bond donors (Lipinski definition) is 1. The van der Waals surface area contributed by atoms with E-state index in [1.807, 2.05) is 35.9 Å². The molecule has 0 fully saturated rings. The van der Waals surface area contributed by atoms with Crippen LogP contribution in [0.25, 0.3) is 5.65 Å². The molecule has 0 atom stereocenters. The largest absolute Gasteiger partial charge is 0.307 e. The van der Waals surface area contributed by atoms with Gasteiger partial charge >= 0.3 is 0 Å². The van der Waals surface area contributed by atoms with Gasteiger partial charge in [-0.3, -0.25) is 10.1 Å². The van der Waals surface area contributed by atoms with E-state index >= 15 is 0 Å². The molecule has 1 aromatic carbocycles. The van der Waals surface area contributed by atoms with Gasteiger partial charge in [-0.25, -0.2) is 18.1 Å². The van der Waals surface area contributed by atoms with Crippen LogP contribution in [-0.2, 0) is 16.4 Å². The first-order chi connectivity index (χ1) is 12.3. The molecule has 2 heterocycles. The zero-order valence-corrected chi connectivity index (χ0v) is 15.2. The van der Waals surface area contributed by atoms with E-state index in [0.717, 1.165) is 23.0 Å². The van der Waals surface area contributed by atoms with Crippen LogP contribution in [-0.4, -0.2) is 29.3 Å². The second kappa shape index (κ2) is 6.85. The number of sulfonamides is 1. The zero-order chi connectivity index (χ0) is 18.9. The number of benzene rings is 1. The number of pyridine rings is 1. The first kappa shape index (κ1) is 18.0. The molecule has 0 aliphatic rings. The van der Waals surface area contributed by atoms with E-state index in [1.54, 1.807) is 6.92 Å². The normalized spacial score (nSPS) is 11.8. The summed E-state index contributed by atoms with van der Waals surface area (Å²) in [6, 6.07) is 7.70. The van der Waals surface area contributed by atoms with Gasteiger partial charge in [0.2, 0.25) is 10.0 Å². The van der Waals surface area contributed by atoms with Crippen molar-refractivity contribution in [2.24, 2.45) is 0 Å². The molecule has 0 amide bonds. The second-order valence-corrected chi connectivity index (χ2v) is 7.79. The summed E-state index contributed by atoms with van der Waals surface area (Å²) < 4.78 is 29.3. The van der Waals surface area contributed by atoms with Crippen molar-refractivity contribution in [3.63, 3.8) is 0 Å². The van der Waals surface area contributed by atoms with Gasteiger partial charge in [-0.2, -0.15) is 0 Å². The number of non-ortho nitro benzene ring substituents is 1. The van der Waals surface area contributed by atoms with E-state index in [2.05, 4.69) is 9.71 Å². The average molecular weight is 374 g/mol. The van der Waals surface area contributed by atoms with Gasteiger partial charge < -0.3 is 4.40 Å². The molecule has 8 nitrogen and oxygen atoms in total. The summed E-state index contributed by atoms with van der Waals surface area (Å²) in [5, 5.41) is 10.9. The SMILES string of the molecule is Cc1ccn2cc(CCNS(=O)(=O)c3cc([N+](=O)[O-])ccc3C)nc2c1.